The first-order valence-corrected chi connectivity index (χ1v) is 8.59. The van der Waals surface area contributed by atoms with E-state index in [2.05, 4.69) is 9.97 Å². The van der Waals surface area contributed by atoms with Crippen LogP contribution in [0.1, 0.15) is 22.9 Å². The first-order valence-electron chi connectivity index (χ1n) is 8.59. The van der Waals surface area contributed by atoms with Gasteiger partial charge in [-0.1, -0.05) is 18.2 Å². The summed E-state index contributed by atoms with van der Waals surface area (Å²) in [5.74, 6) is -1.30. The van der Waals surface area contributed by atoms with Crippen LogP contribution in [0.15, 0.2) is 35.3 Å². The van der Waals surface area contributed by atoms with Crippen LogP contribution < -0.4 is 10.3 Å². The Labute approximate surface area is 155 Å². The molecule has 1 saturated heterocycles. The van der Waals surface area contributed by atoms with E-state index < -0.39 is 11.9 Å². The third kappa shape index (κ3) is 3.84. The van der Waals surface area contributed by atoms with Gasteiger partial charge in [-0.2, -0.15) is 0 Å². The Hall–Kier alpha value is -3.16. The highest BCUT2D eigenvalue weighted by atomic mass is 16.5. The molecule has 0 saturated carbocycles. The predicted octanol–water partition coefficient (Wildman–Crippen LogP) is 0.956. The highest BCUT2D eigenvalue weighted by Gasteiger charge is 2.41. The third-order valence-corrected chi connectivity index (χ3v) is 4.87. The van der Waals surface area contributed by atoms with Gasteiger partial charge in [0.25, 0.3) is 5.56 Å². The number of rotatable bonds is 5. The first kappa shape index (κ1) is 18.6. The van der Waals surface area contributed by atoms with Gasteiger partial charge < -0.3 is 19.7 Å². The second-order valence-corrected chi connectivity index (χ2v) is 6.59. The zero-order valence-electron chi connectivity index (χ0n) is 15.1. The molecule has 1 aromatic carbocycles. The van der Waals surface area contributed by atoms with Gasteiger partial charge in [-0.05, 0) is 18.6 Å². The maximum absolute atomic E-state index is 12.7. The molecule has 0 unspecified atom stereocenters. The molecular weight excluding hydrogens is 350 g/mol. The Bertz CT molecular complexity index is 924. The Balaban J connectivity index is 1.82. The van der Waals surface area contributed by atoms with Crippen molar-refractivity contribution in [2.75, 3.05) is 20.2 Å². The largest absolute Gasteiger partial charge is 0.496 e. The molecule has 1 aliphatic heterocycles. The van der Waals surface area contributed by atoms with Crippen molar-refractivity contribution in [2.45, 2.75) is 19.3 Å². The lowest BCUT2D eigenvalue weighted by atomic mass is 9.88. The molecule has 1 aliphatic rings. The van der Waals surface area contributed by atoms with Crippen LogP contribution in [0.4, 0.5) is 0 Å². The molecule has 8 nitrogen and oxygen atoms in total. The van der Waals surface area contributed by atoms with Crippen molar-refractivity contribution >= 4 is 11.9 Å². The molecule has 0 radical (unpaired) electrons. The van der Waals surface area contributed by atoms with Gasteiger partial charge in [0, 0.05) is 30.8 Å². The number of nitrogens with one attached hydrogen (secondary N) is 1. The smallest absolute Gasteiger partial charge is 0.308 e. The quantitative estimate of drug-likeness (QED) is 0.809. The number of hydrogen-bond acceptors (Lipinski definition) is 5. The van der Waals surface area contributed by atoms with E-state index in [4.69, 9.17) is 4.74 Å². The van der Waals surface area contributed by atoms with Crippen LogP contribution in [0.25, 0.3) is 0 Å². The molecule has 0 aliphatic carbocycles. The average Bonchev–Trinajstić information content (AvgIpc) is 3.09. The fourth-order valence-corrected chi connectivity index (χ4v) is 3.46. The molecule has 2 heterocycles. The van der Waals surface area contributed by atoms with Crippen LogP contribution in [0.3, 0.4) is 0 Å². The fourth-order valence-electron chi connectivity index (χ4n) is 3.46. The molecule has 142 valence electrons. The van der Waals surface area contributed by atoms with Crippen molar-refractivity contribution in [1.29, 1.82) is 0 Å². The highest BCUT2D eigenvalue weighted by Crippen LogP contribution is 2.37. The van der Waals surface area contributed by atoms with E-state index in [1.54, 1.807) is 13.0 Å². The van der Waals surface area contributed by atoms with Gasteiger partial charge in [-0.3, -0.25) is 14.4 Å². The summed E-state index contributed by atoms with van der Waals surface area (Å²) in [6.45, 7) is 2.00. The standard InChI is InChI=1S/C19H21N3O5/c1-11-20-8-12(18(24)21-11)7-17(23)22-9-14(15(10-22)19(25)26)13-5-3-4-6-16(13)27-2/h3-6,8,14-15H,7,9-10H2,1-2H3,(H,25,26)(H,20,21,24)/t14-,15+/m0/s1. The lowest BCUT2D eigenvalue weighted by Gasteiger charge is -2.18. The van der Waals surface area contributed by atoms with Crippen molar-refractivity contribution in [3.8, 4) is 5.75 Å². The predicted molar refractivity (Wildman–Crippen MR) is 96.7 cm³/mol. The normalized spacial score (nSPS) is 19.1. The zero-order valence-corrected chi connectivity index (χ0v) is 15.1. The number of amides is 1. The van der Waals surface area contributed by atoms with E-state index in [0.717, 1.165) is 5.56 Å². The minimum atomic E-state index is -0.962. The number of benzene rings is 1. The second kappa shape index (κ2) is 7.61. The summed E-state index contributed by atoms with van der Waals surface area (Å²) in [5.41, 5.74) is 0.668. The van der Waals surface area contributed by atoms with Crippen LogP contribution in [-0.2, 0) is 16.0 Å². The maximum atomic E-state index is 12.7. The number of H-pyrrole nitrogens is 1. The SMILES string of the molecule is COc1ccccc1[C@@H]1CN(C(=O)Cc2cnc(C)[nH]c2=O)C[C@H]1C(=O)O. The molecule has 2 aromatic rings. The summed E-state index contributed by atoms with van der Waals surface area (Å²) < 4.78 is 5.35. The Morgan fingerprint density at radius 3 is 2.74 bits per heavy atom. The number of carboxylic acid groups (broad SMARTS) is 1. The number of aromatic nitrogens is 2. The van der Waals surface area contributed by atoms with Crippen LogP contribution in [0.5, 0.6) is 5.75 Å². The minimum absolute atomic E-state index is 0.0913. The van der Waals surface area contributed by atoms with Crippen molar-refractivity contribution in [2.24, 2.45) is 5.92 Å². The zero-order chi connectivity index (χ0) is 19.6. The number of aromatic amines is 1. The number of carbonyl (C=O) groups excluding carboxylic acids is 1. The minimum Gasteiger partial charge on any atom is -0.496 e. The summed E-state index contributed by atoms with van der Waals surface area (Å²) in [6, 6.07) is 7.23. The van der Waals surface area contributed by atoms with Gasteiger partial charge in [-0.25, -0.2) is 4.98 Å². The molecule has 3 rings (SSSR count). The lowest BCUT2D eigenvalue weighted by molar-refractivity contribution is -0.141. The molecule has 0 bridgehead atoms. The number of hydrogen-bond donors (Lipinski definition) is 2. The van der Waals surface area contributed by atoms with Crippen molar-refractivity contribution in [3.05, 3.63) is 57.8 Å². The van der Waals surface area contributed by atoms with Gasteiger partial charge in [0.05, 0.1) is 19.4 Å². The molecule has 0 spiro atoms. The molecule has 2 N–H and O–H groups in total. The summed E-state index contributed by atoms with van der Waals surface area (Å²) >= 11 is 0. The number of aryl methyl sites for hydroxylation is 1. The lowest BCUT2D eigenvalue weighted by Crippen LogP contribution is -2.33. The molecule has 1 amide bonds. The number of methoxy groups -OCH3 is 1. The summed E-state index contributed by atoms with van der Waals surface area (Å²) in [4.78, 5) is 44.5. The second-order valence-electron chi connectivity index (χ2n) is 6.59. The van der Waals surface area contributed by atoms with E-state index in [-0.39, 0.29) is 42.5 Å². The van der Waals surface area contributed by atoms with Crippen molar-refractivity contribution in [1.82, 2.24) is 14.9 Å². The number of carboxylic acids is 1. The van der Waals surface area contributed by atoms with Gasteiger partial charge in [0.15, 0.2) is 0 Å². The number of nitrogens with zero attached hydrogens (tertiary/aromatic N) is 2. The number of carbonyl (C=O) groups is 2. The van der Waals surface area contributed by atoms with Crippen molar-refractivity contribution in [3.63, 3.8) is 0 Å². The molecule has 1 aromatic heterocycles. The van der Waals surface area contributed by atoms with Gasteiger partial charge in [0.2, 0.25) is 5.91 Å². The molecular formula is C19H21N3O5. The van der Waals surface area contributed by atoms with Crippen LogP contribution in [0.2, 0.25) is 0 Å². The van der Waals surface area contributed by atoms with Gasteiger partial charge >= 0.3 is 5.97 Å². The Morgan fingerprint density at radius 1 is 1.33 bits per heavy atom. The average molecular weight is 371 g/mol. The van der Waals surface area contributed by atoms with Crippen LogP contribution in [0, 0.1) is 12.8 Å². The summed E-state index contributed by atoms with van der Waals surface area (Å²) in [5, 5.41) is 9.63. The summed E-state index contributed by atoms with van der Waals surface area (Å²) in [6.07, 6.45) is 1.27. The number of para-hydroxylation sites is 1. The molecule has 2 atom stereocenters. The van der Waals surface area contributed by atoms with Crippen LogP contribution >= 0.6 is 0 Å². The van der Waals surface area contributed by atoms with Gasteiger partial charge in [0.1, 0.15) is 11.6 Å². The van der Waals surface area contributed by atoms with E-state index in [9.17, 15) is 19.5 Å². The maximum Gasteiger partial charge on any atom is 0.308 e. The van der Waals surface area contributed by atoms with Crippen molar-refractivity contribution < 1.29 is 19.4 Å². The van der Waals surface area contributed by atoms with E-state index in [1.165, 1.54) is 18.2 Å². The highest BCUT2D eigenvalue weighted by molar-refractivity contribution is 5.81. The number of likely N-dealkylation sites (tertiary alicyclic amines) is 1. The van der Waals surface area contributed by atoms with E-state index in [0.29, 0.717) is 11.6 Å². The molecule has 8 heteroatoms. The number of aliphatic carboxylic acids is 1. The third-order valence-electron chi connectivity index (χ3n) is 4.87. The monoisotopic (exact) mass is 371 g/mol. The topological polar surface area (TPSA) is 113 Å². The molecule has 27 heavy (non-hydrogen) atoms. The number of ether oxygens (including phenoxy) is 1. The summed E-state index contributed by atoms with van der Waals surface area (Å²) in [7, 11) is 1.53. The van der Waals surface area contributed by atoms with Crippen LogP contribution in [-0.4, -0.2) is 52.1 Å². The fraction of sp³-hybridized carbons (Fsp3) is 0.368. The first-order chi connectivity index (χ1) is 12.9. The molecule has 1 fully saturated rings. The van der Waals surface area contributed by atoms with Gasteiger partial charge in [-0.15, -0.1) is 0 Å². The Morgan fingerprint density at radius 2 is 2.07 bits per heavy atom. The van der Waals surface area contributed by atoms with E-state index >= 15 is 0 Å². The Kier molecular flexibility index (Phi) is 5.25. The van der Waals surface area contributed by atoms with E-state index in [1.807, 2.05) is 18.2 Å².